The van der Waals surface area contributed by atoms with Gasteiger partial charge in [0, 0.05) is 9.37 Å². The van der Waals surface area contributed by atoms with Crippen molar-refractivity contribution >= 4 is 33.7 Å². The van der Waals surface area contributed by atoms with Crippen LogP contribution in [0.2, 0.25) is 0 Å². The molecular weight excluding hydrogens is 300 g/mol. The quantitative estimate of drug-likeness (QED) is 0.847. The first kappa shape index (κ1) is 13.0. The highest BCUT2D eigenvalue weighted by Crippen LogP contribution is 2.37. The van der Waals surface area contributed by atoms with Gasteiger partial charge in [0.05, 0.1) is 0 Å². The minimum atomic E-state index is -0.676. The first-order valence-electron chi connectivity index (χ1n) is 5.82. The first-order chi connectivity index (χ1) is 8.16. The van der Waals surface area contributed by atoms with E-state index in [-0.39, 0.29) is 5.25 Å². The zero-order valence-electron chi connectivity index (χ0n) is 9.43. The van der Waals surface area contributed by atoms with Crippen molar-refractivity contribution in [2.24, 2.45) is 5.92 Å². The van der Waals surface area contributed by atoms with Crippen LogP contribution in [0.15, 0.2) is 33.6 Å². The Bertz CT molecular complexity index is 385. The van der Waals surface area contributed by atoms with Crippen molar-refractivity contribution in [1.82, 2.24) is 0 Å². The lowest BCUT2D eigenvalue weighted by atomic mass is 10.0. The highest BCUT2D eigenvalue weighted by molar-refractivity contribution is 9.10. The van der Waals surface area contributed by atoms with E-state index in [0.717, 1.165) is 22.2 Å². The van der Waals surface area contributed by atoms with Crippen LogP contribution in [0.3, 0.4) is 0 Å². The maximum atomic E-state index is 11.3. The van der Waals surface area contributed by atoms with Gasteiger partial charge in [-0.05, 0) is 43.0 Å². The molecule has 4 heteroatoms. The van der Waals surface area contributed by atoms with Gasteiger partial charge in [-0.15, -0.1) is 11.8 Å². The fraction of sp³-hybridized carbons (Fsp3) is 0.462. The number of carboxylic acid groups (broad SMARTS) is 1. The van der Waals surface area contributed by atoms with Crippen molar-refractivity contribution in [1.29, 1.82) is 0 Å². The molecular formula is C13H15BrO2S. The fourth-order valence-corrected chi connectivity index (χ4v) is 3.68. The standard InChI is InChI=1S/C13H15BrO2S/c14-10-5-7-11(8-6-10)17-12(13(15)16)9-3-1-2-4-9/h5-9,12H,1-4H2,(H,15,16). The second-order valence-electron chi connectivity index (χ2n) is 4.38. The molecule has 0 saturated heterocycles. The van der Waals surface area contributed by atoms with Gasteiger partial charge in [-0.3, -0.25) is 4.79 Å². The van der Waals surface area contributed by atoms with E-state index in [0.29, 0.717) is 5.92 Å². The summed E-state index contributed by atoms with van der Waals surface area (Å²) >= 11 is 4.86. The topological polar surface area (TPSA) is 37.3 Å². The SMILES string of the molecule is O=C(O)C(Sc1ccc(Br)cc1)C1CCCC1. The van der Waals surface area contributed by atoms with Crippen molar-refractivity contribution in [3.63, 3.8) is 0 Å². The lowest BCUT2D eigenvalue weighted by Crippen LogP contribution is -2.24. The normalized spacial score (nSPS) is 18.2. The van der Waals surface area contributed by atoms with E-state index in [1.807, 2.05) is 24.3 Å². The molecule has 1 atom stereocenters. The van der Waals surface area contributed by atoms with Gasteiger partial charge in [0.2, 0.25) is 0 Å². The summed E-state index contributed by atoms with van der Waals surface area (Å²) in [5, 5.41) is 9.03. The molecule has 1 aliphatic carbocycles. The van der Waals surface area contributed by atoms with Gasteiger partial charge in [-0.2, -0.15) is 0 Å². The second-order valence-corrected chi connectivity index (χ2v) is 6.51. The molecule has 0 bridgehead atoms. The van der Waals surface area contributed by atoms with Gasteiger partial charge in [-0.1, -0.05) is 28.8 Å². The molecule has 1 fully saturated rings. The Kier molecular flexibility index (Phi) is 4.51. The minimum absolute atomic E-state index is 0.293. The number of carboxylic acids is 1. The predicted octanol–water partition coefficient (Wildman–Crippen LogP) is 4.18. The van der Waals surface area contributed by atoms with Crippen LogP contribution in [0, 0.1) is 5.92 Å². The summed E-state index contributed by atoms with van der Waals surface area (Å²) in [4.78, 5) is 12.4. The molecule has 1 aromatic carbocycles. The van der Waals surface area contributed by atoms with E-state index < -0.39 is 5.97 Å². The lowest BCUT2D eigenvalue weighted by molar-refractivity contribution is -0.137. The third-order valence-corrected chi connectivity index (χ3v) is 5.06. The maximum absolute atomic E-state index is 11.3. The molecule has 0 aliphatic heterocycles. The summed E-state index contributed by atoms with van der Waals surface area (Å²) < 4.78 is 1.02. The van der Waals surface area contributed by atoms with E-state index in [1.54, 1.807) is 0 Å². The molecule has 0 amide bonds. The van der Waals surface area contributed by atoms with Gasteiger partial charge in [0.25, 0.3) is 0 Å². The third-order valence-electron chi connectivity index (χ3n) is 3.15. The largest absolute Gasteiger partial charge is 0.480 e. The van der Waals surface area contributed by atoms with Crippen LogP contribution in [-0.4, -0.2) is 16.3 Å². The van der Waals surface area contributed by atoms with Crippen molar-refractivity contribution < 1.29 is 9.90 Å². The molecule has 1 aliphatic rings. The molecule has 2 rings (SSSR count). The molecule has 2 nitrogen and oxygen atoms in total. The molecule has 0 heterocycles. The molecule has 0 spiro atoms. The number of thioether (sulfide) groups is 1. The van der Waals surface area contributed by atoms with E-state index >= 15 is 0 Å². The number of hydrogen-bond donors (Lipinski definition) is 1. The molecule has 17 heavy (non-hydrogen) atoms. The highest BCUT2D eigenvalue weighted by Gasteiger charge is 2.31. The van der Waals surface area contributed by atoms with Crippen LogP contribution in [0.1, 0.15) is 25.7 Å². The number of benzene rings is 1. The van der Waals surface area contributed by atoms with Crippen LogP contribution in [0.5, 0.6) is 0 Å². The summed E-state index contributed by atoms with van der Waals surface area (Å²) in [7, 11) is 0. The van der Waals surface area contributed by atoms with Crippen molar-refractivity contribution in [2.75, 3.05) is 0 Å². The third kappa shape index (κ3) is 3.49. The minimum Gasteiger partial charge on any atom is -0.480 e. The average Bonchev–Trinajstić information content (AvgIpc) is 2.81. The number of rotatable bonds is 4. The first-order valence-corrected chi connectivity index (χ1v) is 7.49. The van der Waals surface area contributed by atoms with E-state index in [1.165, 1.54) is 24.6 Å². The predicted molar refractivity (Wildman–Crippen MR) is 73.4 cm³/mol. The summed E-state index contributed by atoms with van der Waals surface area (Å²) in [6.45, 7) is 0. The number of carbonyl (C=O) groups is 1. The van der Waals surface area contributed by atoms with Crippen molar-refractivity contribution in [3.05, 3.63) is 28.7 Å². The Balaban J connectivity index is 2.06. The van der Waals surface area contributed by atoms with Gasteiger partial charge < -0.3 is 5.11 Å². The Labute approximate surface area is 114 Å². The lowest BCUT2D eigenvalue weighted by Gasteiger charge is -2.18. The molecule has 1 aromatic rings. The summed E-state index contributed by atoms with van der Waals surface area (Å²) in [5.74, 6) is -0.342. The average molecular weight is 315 g/mol. The summed E-state index contributed by atoms with van der Waals surface area (Å²) in [6.07, 6.45) is 4.46. The van der Waals surface area contributed by atoms with Crippen molar-refractivity contribution in [3.8, 4) is 0 Å². The summed E-state index contributed by atoms with van der Waals surface area (Å²) in [5.41, 5.74) is 0. The van der Waals surface area contributed by atoms with Gasteiger partial charge >= 0.3 is 5.97 Å². The summed E-state index contributed by atoms with van der Waals surface area (Å²) in [6, 6.07) is 7.85. The number of halogens is 1. The van der Waals surface area contributed by atoms with Gasteiger partial charge in [0.1, 0.15) is 5.25 Å². The molecule has 1 unspecified atom stereocenters. The smallest absolute Gasteiger partial charge is 0.317 e. The fourth-order valence-electron chi connectivity index (χ4n) is 2.27. The van der Waals surface area contributed by atoms with Crippen LogP contribution in [0.25, 0.3) is 0 Å². The van der Waals surface area contributed by atoms with Crippen LogP contribution in [-0.2, 0) is 4.79 Å². The van der Waals surface area contributed by atoms with Crippen LogP contribution in [0.4, 0.5) is 0 Å². The molecule has 1 saturated carbocycles. The molecule has 1 N–H and O–H groups in total. The molecule has 92 valence electrons. The zero-order valence-corrected chi connectivity index (χ0v) is 11.8. The highest BCUT2D eigenvalue weighted by atomic mass is 79.9. The number of hydrogen-bond acceptors (Lipinski definition) is 2. The Morgan fingerprint density at radius 2 is 1.88 bits per heavy atom. The zero-order chi connectivity index (χ0) is 12.3. The maximum Gasteiger partial charge on any atom is 0.317 e. The van der Waals surface area contributed by atoms with Gasteiger partial charge in [-0.25, -0.2) is 0 Å². The van der Waals surface area contributed by atoms with Crippen LogP contribution >= 0.6 is 27.7 Å². The second kappa shape index (κ2) is 5.91. The molecule has 0 radical (unpaired) electrons. The Morgan fingerprint density at radius 3 is 2.41 bits per heavy atom. The van der Waals surface area contributed by atoms with E-state index in [2.05, 4.69) is 15.9 Å². The van der Waals surface area contributed by atoms with E-state index in [9.17, 15) is 9.90 Å². The van der Waals surface area contributed by atoms with Crippen LogP contribution < -0.4 is 0 Å². The monoisotopic (exact) mass is 314 g/mol. The number of aliphatic carboxylic acids is 1. The van der Waals surface area contributed by atoms with Crippen molar-refractivity contribution in [2.45, 2.75) is 35.8 Å². The molecule has 0 aromatic heterocycles. The van der Waals surface area contributed by atoms with E-state index in [4.69, 9.17) is 0 Å². The Morgan fingerprint density at radius 1 is 1.29 bits per heavy atom. The Hall–Kier alpha value is -0.480. The van der Waals surface area contributed by atoms with Gasteiger partial charge in [0.15, 0.2) is 0 Å².